The van der Waals surface area contributed by atoms with Crippen molar-refractivity contribution in [1.29, 1.82) is 21.0 Å². The van der Waals surface area contributed by atoms with Gasteiger partial charge in [0.25, 0.3) is 0 Å². The summed E-state index contributed by atoms with van der Waals surface area (Å²) in [5.74, 6) is -1.44. The molecule has 2 aliphatic heterocycles. The number of nitrogens with zero attached hydrogens (tertiary/aromatic N) is 6. The van der Waals surface area contributed by atoms with Gasteiger partial charge in [-0.2, -0.15) is 21.0 Å². The Morgan fingerprint density at radius 2 is 0.960 bits per heavy atom. The van der Waals surface area contributed by atoms with Gasteiger partial charge in [0.05, 0.1) is 72.0 Å². The van der Waals surface area contributed by atoms with Crippen LogP contribution in [0.25, 0.3) is 0 Å². The first-order valence-corrected chi connectivity index (χ1v) is 25.6. The van der Waals surface area contributed by atoms with Crippen LogP contribution in [0.4, 0.5) is 0 Å². The Balaban J connectivity index is 0.000000308. The molecule has 2 aromatic heterocycles. The van der Waals surface area contributed by atoms with E-state index in [1.54, 1.807) is 83.1 Å². The number of benzene rings is 2. The highest BCUT2D eigenvalue weighted by Gasteiger charge is 2.41. The predicted molar refractivity (Wildman–Crippen MR) is 284 cm³/mol. The fourth-order valence-corrected chi connectivity index (χ4v) is 9.90. The minimum Gasteiger partial charge on any atom is -0.496 e. The molecule has 0 amide bonds. The summed E-state index contributed by atoms with van der Waals surface area (Å²) in [5.41, 5.74) is 20.2. The van der Waals surface area contributed by atoms with Crippen molar-refractivity contribution in [3.8, 4) is 35.8 Å². The van der Waals surface area contributed by atoms with E-state index in [4.69, 9.17) is 45.0 Å². The van der Waals surface area contributed by atoms with Crippen LogP contribution in [0, 0.1) is 86.9 Å². The maximum absolute atomic E-state index is 13.4. The lowest BCUT2D eigenvalue weighted by Crippen LogP contribution is -2.28. The highest BCUT2D eigenvalue weighted by molar-refractivity contribution is 7.99. The molecule has 2 atom stereocenters. The first-order valence-electron chi connectivity index (χ1n) is 23.6. The molecule has 5 N–H and O–H groups in total. The maximum Gasteiger partial charge on any atom is 0.338 e. The fraction of sp³-hybridized carbons (Fsp3) is 0.357. The third-order valence-corrected chi connectivity index (χ3v) is 13.8. The Hall–Kier alpha value is -7.94. The largest absolute Gasteiger partial charge is 0.496 e. The van der Waals surface area contributed by atoms with Gasteiger partial charge in [0.1, 0.15) is 68.5 Å². The zero-order valence-electron chi connectivity index (χ0n) is 44.4. The number of allylic oxidation sites excluding steroid dienone is 2. The molecule has 4 heterocycles. The van der Waals surface area contributed by atoms with Crippen LogP contribution in [-0.2, 0) is 28.5 Å². The molecular weight excluding hydrogens is 993 g/mol. The molecule has 19 heteroatoms. The number of carbonyl (C=O) groups excluding carboxylic acids is 2. The van der Waals surface area contributed by atoms with E-state index in [0.29, 0.717) is 43.8 Å². The molecule has 17 nitrogen and oxygen atoms in total. The number of para-hydroxylation sites is 2. The van der Waals surface area contributed by atoms with Crippen molar-refractivity contribution >= 4 is 35.5 Å². The number of nitriles is 4. The molecule has 75 heavy (non-hydrogen) atoms. The van der Waals surface area contributed by atoms with Crippen molar-refractivity contribution in [1.82, 2.24) is 9.97 Å². The van der Waals surface area contributed by atoms with Gasteiger partial charge in [0, 0.05) is 29.1 Å². The van der Waals surface area contributed by atoms with Crippen LogP contribution < -0.4 is 20.9 Å². The molecule has 0 bridgehead atoms. The smallest absolute Gasteiger partial charge is 0.338 e. The third-order valence-electron chi connectivity index (χ3n) is 11.8. The lowest BCUT2D eigenvalue weighted by atomic mass is 9.82. The van der Waals surface area contributed by atoms with Crippen LogP contribution in [0.15, 0.2) is 104 Å². The number of hydrogen-bond acceptors (Lipinski definition) is 19. The Labute approximate surface area is 447 Å². The van der Waals surface area contributed by atoms with E-state index in [1.807, 2.05) is 41.5 Å². The summed E-state index contributed by atoms with van der Waals surface area (Å²) >= 11 is 2.51. The number of pyridine rings is 2. The van der Waals surface area contributed by atoms with E-state index in [9.17, 15) is 30.6 Å². The average molecular weight is 1060 g/mol. The zero-order chi connectivity index (χ0) is 55.8. The molecule has 0 saturated carbocycles. The molecule has 6 rings (SSSR count). The number of nitrogens with two attached hydrogens (primary N) is 2. The lowest BCUT2D eigenvalue weighted by Gasteiger charge is -2.29. The van der Waals surface area contributed by atoms with E-state index in [0.717, 1.165) is 33.6 Å². The number of aliphatic hydroxyl groups excluding tert-OH is 1. The van der Waals surface area contributed by atoms with E-state index in [2.05, 4.69) is 34.2 Å². The number of methoxy groups -OCH3 is 2. The van der Waals surface area contributed by atoms with Crippen molar-refractivity contribution in [2.75, 3.05) is 32.3 Å². The van der Waals surface area contributed by atoms with E-state index >= 15 is 0 Å². The van der Waals surface area contributed by atoms with Crippen molar-refractivity contribution in [2.45, 2.75) is 110 Å². The molecule has 2 aliphatic rings. The molecule has 4 aromatic rings. The van der Waals surface area contributed by atoms with Crippen LogP contribution in [0.3, 0.4) is 0 Å². The van der Waals surface area contributed by atoms with Gasteiger partial charge < -0.3 is 45.0 Å². The predicted octanol–water partition coefficient (Wildman–Crippen LogP) is 9.38. The number of ether oxygens (including phenoxy) is 6. The highest BCUT2D eigenvalue weighted by atomic mass is 32.2. The van der Waals surface area contributed by atoms with Gasteiger partial charge in [0.2, 0.25) is 11.8 Å². The Kier molecular flexibility index (Phi) is 21.8. The molecular formula is C56H62N8O9S2. The summed E-state index contributed by atoms with van der Waals surface area (Å²) in [5, 5.41) is 48.0. The summed E-state index contributed by atoms with van der Waals surface area (Å²) in [7, 11) is 3.03. The molecule has 0 aliphatic carbocycles. The van der Waals surface area contributed by atoms with Crippen LogP contribution in [0.1, 0.15) is 102 Å². The number of rotatable bonds is 14. The lowest BCUT2D eigenvalue weighted by molar-refractivity contribution is -0.144. The second kappa shape index (κ2) is 27.4. The number of thioether (sulfide) groups is 2. The fourth-order valence-electron chi connectivity index (χ4n) is 7.85. The van der Waals surface area contributed by atoms with Crippen LogP contribution in [0.5, 0.6) is 11.5 Å². The Morgan fingerprint density at radius 1 is 0.627 bits per heavy atom. The number of aryl methyl sites for hydroxylation is 2. The quantitative estimate of drug-likeness (QED) is 0.0783. The summed E-state index contributed by atoms with van der Waals surface area (Å²) < 4.78 is 33.9. The molecule has 2 aromatic carbocycles. The summed E-state index contributed by atoms with van der Waals surface area (Å²) in [6.45, 7) is 20.3. The average Bonchev–Trinajstić information content (AvgIpc) is 3.37. The van der Waals surface area contributed by atoms with Gasteiger partial charge in [-0.3, -0.25) is 0 Å². The molecule has 0 radical (unpaired) electrons. The summed E-state index contributed by atoms with van der Waals surface area (Å²) in [6.07, 6.45) is -0.805. The number of aromatic nitrogens is 2. The Morgan fingerprint density at radius 3 is 1.25 bits per heavy atom. The standard InChI is InChI=1S/2C27H28N4O4S.C2H6O/c2*1-14(2)34-27(32)24-22(13-36-26-19(11-28)16(4)15(3)17(5)31-26)35-25(30)20(12-29)23(24)18-9-7-8-10-21(18)33-6;1-2-3/h2*7-10,14,23H,13,30H2,1-6H3;3H,2H2,1H3. The highest BCUT2D eigenvalue weighted by Crippen LogP contribution is 2.46. The van der Waals surface area contributed by atoms with Gasteiger partial charge in [-0.1, -0.05) is 59.9 Å². The normalized spacial score (nSPS) is 14.9. The number of carbonyl (C=O) groups is 2. The number of esters is 2. The number of aliphatic hydroxyl groups is 1. The van der Waals surface area contributed by atoms with Gasteiger partial charge in [-0.15, -0.1) is 0 Å². The minimum atomic E-state index is -0.855. The minimum absolute atomic E-state index is 0.0850. The SMILES string of the molecule is CCO.COc1ccccc1C1C(C#N)=C(N)OC(CSc2nc(C)c(C)c(C)c2C#N)=C1C(=O)OC(C)C.COc1ccccc1C1C(C#N)=C(N)OC(CSc2nc(C)c(C)c(C)c2C#N)=C1C(=O)OC(C)C. The molecule has 392 valence electrons. The van der Waals surface area contributed by atoms with Crippen molar-refractivity contribution < 1.29 is 43.1 Å². The van der Waals surface area contributed by atoms with Crippen LogP contribution >= 0.6 is 23.5 Å². The second-order valence-electron chi connectivity index (χ2n) is 17.3. The van der Waals surface area contributed by atoms with Gasteiger partial charge in [-0.05, 0) is 111 Å². The summed E-state index contributed by atoms with van der Waals surface area (Å²) in [6, 6.07) is 22.9. The van der Waals surface area contributed by atoms with Crippen LogP contribution in [-0.4, -0.2) is 71.6 Å². The summed E-state index contributed by atoms with van der Waals surface area (Å²) in [4.78, 5) is 36.0. The van der Waals surface area contributed by atoms with Crippen LogP contribution in [0.2, 0.25) is 0 Å². The van der Waals surface area contributed by atoms with Gasteiger partial charge in [0.15, 0.2) is 0 Å². The van der Waals surface area contributed by atoms with Crippen molar-refractivity contribution in [2.24, 2.45) is 11.5 Å². The maximum atomic E-state index is 13.4. The topological polar surface area (TPSA) is 283 Å². The van der Waals surface area contributed by atoms with Gasteiger partial charge >= 0.3 is 11.9 Å². The first kappa shape index (κ1) is 59.6. The van der Waals surface area contributed by atoms with Crippen molar-refractivity contribution in [3.05, 3.63) is 150 Å². The van der Waals surface area contributed by atoms with E-state index in [-0.39, 0.29) is 63.7 Å². The molecule has 0 fully saturated rings. The van der Waals surface area contributed by atoms with E-state index < -0.39 is 36.0 Å². The van der Waals surface area contributed by atoms with Gasteiger partial charge in [-0.25, -0.2) is 19.6 Å². The first-order chi connectivity index (χ1) is 35.7. The third kappa shape index (κ3) is 13.8. The Bertz CT molecular complexity index is 2930. The van der Waals surface area contributed by atoms with Crippen molar-refractivity contribution in [3.63, 3.8) is 0 Å². The second-order valence-corrected chi connectivity index (χ2v) is 19.2. The molecule has 2 unspecified atom stereocenters. The monoisotopic (exact) mass is 1050 g/mol. The molecule has 0 spiro atoms. The van der Waals surface area contributed by atoms with E-state index in [1.165, 1.54) is 37.7 Å². The number of hydrogen-bond donors (Lipinski definition) is 3. The molecule has 0 saturated heterocycles. The zero-order valence-corrected chi connectivity index (χ0v) is 46.1.